The number of hydrogen-bond donors (Lipinski definition) is 0. The lowest BCUT2D eigenvalue weighted by molar-refractivity contribution is -0.135. The molecule has 0 N–H and O–H groups in total. The third-order valence-electron chi connectivity index (χ3n) is 6.16. The van der Waals surface area contributed by atoms with Crippen LogP contribution in [0, 0.1) is 12.3 Å². The monoisotopic (exact) mass is 432 g/mol. The van der Waals surface area contributed by atoms with Gasteiger partial charge in [0.1, 0.15) is 5.58 Å². The standard InChI is InChI=1S/C21H25BrN2O3/c1-14-11-15(3-7-22)19-16(12-14)17(25)13-18(27-19)24-9-5-21(6-10-24)4-8-23(2)20(21)26/h11-13H,3-10H2,1-2H3. The first-order valence-electron chi connectivity index (χ1n) is 9.57. The molecule has 1 aromatic carbocycles. The number of benzene rings is 1. The molecule has 5 nitrogen and oxygen atoms in total. The highest BCUT2D eigenvalue weighted by atomic mass is 79.9. The molecular weight excluding hydrogens is 408 g/mol. The molecule has 4 rings (SSSR count). The number of amides is 1. The number of aryl methyl sites for hydroxylation is 2. The van der Waals surface area contributed by atoms with Gasteiger partial charge in [0.25, 0.3) is 0 Å². The zero-order chi connectivity index (χ0) is 19.2. The summed E-state index contributed by atoms with van der Waals surface area (Å²) >= 11 is 3.49. The zero-order valence-electron chi connectivity index (χ0n) is 15.9. The summed E-state index contributed by atoms with van der Waals surface area (Å²) in [5.74, 6) is 0.901. The molecule has 0 bridgehead atoms. The second kappa shape index (κ2) is 6.97. The molecule has 3 heterocycles. The Bertz CT molecular complexity index is 944. The summed E-state index contributed by atoms with van der Waals surface area (Å²) in [5, 5.41) is 1.47. The van der Waals surface area contributed by atoms with E-state index in [2.05, 4.69) is 26.9 Å². The molecule has 2 aliphatic rings. The van der Waals surface area contributed by atoms with Crippen molar-refractivity contribution in [3.05, 3.63) is 39.5 Å². The van der Waals surface area contributed by atoms with Crippen molar-refractivity contribution < 1.29 is 9.21 Å². The maximum Gasteiger partial charge on any atom is 0.228 e. The Morgan fingerprint density at radius 2 is 1.81 bits per heavy atom. The third-order valence-corrected chi connectivity index (χ3v) is 6.56. The summed E-state index contributed by atoms with van der Waals surface area (Å²) in [6.45, 7) is 4.34. The van der Waals surface area contributed by atoms with Gasteiger partial charge >= 0.3 is 0 Å². The molecule has 27 heavy (non-hydrogen) atoms. The van der Waals surface area contributed by atoms with E-state index < -0.39 is 0 Å². The van der Waals surface area contributed by atoms with Gasteiger partial charge < -0.3 is 14.2 Å². The Kier molecular flexibility index (Phi) is 4.78. The fourth-order valence-electron chi connectivity index (χ4n) is 4.53. The normalized spacial score (nSPS) is 19.4. The van der Waals surface area contributed by atoms with Crippen molar-refractivity contribution in [1.29, 1.82) is 0 Å². The molecule has 1 amide bonds. The Hall–Kier alpha value is -1.82. The van der Waals surface area contributed by atoms with Gasteiger partial charge in [0.05, 0.1) is 10.8 Å². The first kappa shape index (κ1) is 18.5. The number of nitrogens with zero attached hydrogens (tertiary/aromatic N) is 2. The van der Waals surface area contributed by atoms with Gasteiger partial charge in [-0.2, -0.15) is 0 Å². The molecule has 2 saturated heterocycles. The Morgan fingerprint density at radius 1 is 1.11 bits per heavy atom. The molecule has 0 radical (unpaired) electrons. The molecule has 0 aliphatic carbocycles. The minimum Gasteiger partial charge on any atom is -0.440 e. The van der Waals surface area contributed by atoms with E-state index in [1.54, 1.807) is 6.07 Å². The zero-order valence-corrected chi connectivity index (χ0v) is 17.5. The van der Waals surface area contributed by atoms with E-state index in [1.165, 1.54) is 0 Å². The fourth-order valence-corrected chi connectivity index (χ4v) is 4.96. The van der Waals surface area contributed by atoms with Crippen LogP contribution >= 0.6 is 15.9 Å². The van der Waals surface area contributed by atoms with Crippen molar-refractivity contribution in [1.82, 2.24) is 4.90 Å². The lowest BCUT2D eigenvalue weighted by atomic mass is 9.77. The summed E-state index contributed by atoms with van der Waals surface area (Å²) in [6, 6.07) is 5.61. The maximum atomic E-state index is 12.7. The molecular formula is C21H25BrN2O3. The molecule has 2 aliphatic heterocycles. The topological polar surface area (TPSA) is 53.8 Å². The minimum atomic E-state index is -0.208. The van der Waals surface area contributed by atoms with Crippen molar-refractivity contribution in [2.45, 2.75) is 32.6 Å². The smallest absolute Gasteiger partial charge is 0.228 e. The number of rotatable bonds is 3. The highest BCUT2D eigenvalue weighted by molar-refractivity contribution is 9.09. The molecule has 0 unspecified atom stereocenters. The number of likely N-dealkylation sites (tertiary alicyclic amines) is 1. The van der Waals surface area contributed by atoms with Gasteiger partial charge in [-0.3, -0.25) is 9.59 Å². The molecule has 0 atom stereocenters. The van der Waals surface area contributed by atoms with Crippen LogP contribution < -0.4 is 10.3 Å². The van der Waals surface area contributed by atoms with Crippen LogP contribution in [0.4, 0.5) is 5.88 Å². The Labute approximate surface area is 167 Å². The van der Waals surface area contributed by atoms with E-state index in [-0.39, 0.29) is 16.8 Å². The highest BCUT2D eigenvalue weighted by Gasteiger charge is 2.47. The Balaban J connectivity index is 1.65. The van der Waals surface area contributed by atoms with Crippen LogP contribution in [0.2, 0.25) is 0 Å². The van der Waals surface area contributed by atoms with Crippen molar-refractivity contribution in [2.24, 2.45) is 5.41 Å². The summed E-state index contributed by atoms with van der Waals surface area (Å²) in [7, 11) is 1.89. The van der Waals surface area contributed by atoms with Crippen LogP contribution in [0.25, 0.3) is 11.0 Å². The molecule has 2 fully saturated rings. The van der Waals surface area contributed by atoms with Crippen LogP contribution in [0.3, 0.4) is 0 Å². The first-order valence-corrected chi connectivity index (χ1v) is 10.7. The molecule has 0 saturated carbocycles. The van der Waals surface area contributed by atoms with Crippen LogP contribution in [-0.2, 0) is 11.2 Å². The van der Waals surface area contributed by atoms with Gasteiger partial charge in [0, 0.05) is 38.1 Å². The average molecular weight is 433 g/mol. The molecule has 6 heteroatoms. The number of carbonyl (C=O) groups excluding carboxylic acids is 1. The number of piperidine rings is 1. The second-order valence-corrected chi connectivity index (χ2v) is 8.73. The highest BCUT2D eigenvalue weighted by Crippen LogP contribution is 2.42. The number of carbonyl (C=O) groups is 1. The summed E-state index contributed by atoms with van der Waals surface area (Å²) in [4.78, 5) is 29.2. The van der Waals surface area contributed by atoms with E-state index in [0.717, 1.165) is 61.8 Å². The van der Waals surface area contributed by atoms with Crippen LogP contribution in [0.5, 0.6) is 0 Å². The van der Waals surface area contributed by atoms with Crippen LogP contribution in [-0.4, -0.2) is 42.8 Å². The fraction of sp³-hybridized carbons (Fsp3) is 0.524. The summed E-state index contributed by atoms with van der Waals surface area (Å²) in [5.41, 5.74) is 2.62. The van der Waals surface area contributed by atoms with Gasteiger partial charge in [0.15, 0.2) is 11.3 Å². The van der Waals surface area contributed by atoms with Gasteiger partial charge in [0.2, 0.25) is 5.91 Å². The quantitative estimate of drug-likeness (QED) is 0.696. The number of halogens is 1. The van der Waals surface area contributed by atoms with E-state index >= 15 is 0 Å². The second-order valence-electron chi connectivity index (χ2n) is 7.93. The molecule has 2 aromatic rings. The van der Waals surface area contributed by atoms with Gasteiger partial charge in [-0.25, -0.2) is 0 Å². The number of hydrogen-bond acceptors (Lipinski definition) is 4. The molecule has 144 valence electrons. The number of fused-ring (bicyclic) bond motifs is 1. The minimum absolute atomic E-state index is 0.00253. The van der Waals surface area contributed by atoms with Gasteiger partial charge in [-0.15, -0.1) is 0 Å². The van der Waals surface area contributed by atoms with E-state index in [0.29, 0.717) is 16.9 Å². The first-order chi connectivity index (χ1) is 12.9. The van der Waals surface area contributed by atoms with E-state index in [1.807, 2.05) is 24.9 Å². The van der Waals surface area contributed by atoms with E-state index in [4.69, 9.17) is 4.42 Å². The number of alkyl halides is 1. The van der Waals surface area contributed by atoms with Crippen LogP contribution in [0.15, 0.2) is 27.4 Å². The van der Waals surface area contributed by atoms with Crippen molar-refractivity contribution in [2.75, 3.05) is 36.9 Å². The Morgan fingerprint density at radius 3 is 2.44 bits per heavy atom. The average Bonchev–Trinajstić information content (AvgIpc) is 2.92. The largest absolute Gasteiger partial charge is 0.440 e. The third kappa shape index (κ3) is 3.18. The summed E-state index contributed by atoms with van der Waals surface area (Å²) < 4.78 is 6.23. The van der Waals surface area contributed by atoms with E-state index in [9.17, 15) is 9.59 Å². The SMILES string of the molecule is Cc1cc(CCBr)c2oc(N3CCC4(CCN(C)C4=O)CC3)cc(=O)c2c1. The van der Waals surface area contributed by atoms with Gasteiger partial charge in [-0.05, 0) is 49.8 Å². The van der Waals surface area contributed by atoms with Crippen molar-refractivity contribution in [3.63, 3.8) is 0 Å². The van der Waals surface area contributed by atoms with Crippen LogP contribution in [0.1, 0.15) is 30.4 Å². The van der Waals surface area contributed by atoms with Gasteiger partial charge in [-0.1, -0.05) is 22.0 Å². The summed E-state index contributed by atoms with van der Waals surface area (Å²) in [6.07, 6.45) is 3.39. The lowest BCUT2D eigenvalue weighted by Gasteiger charge is -2.38. The predicted molar refractivity (Wildman–Crippen MR) is 111 cm³/mol. The molecule has 1 spiro atoms. The number of anilines is 1. The lowest BCUT2D eigenvalue weighted by Crippen LogP contribution is -2.44. The molecule has 1 aromatic heterocycles. The predicted octanol–water partition coefficient (Wildman–Crippen LogP) is 3.49. The van der Waals surface area contributed by atoms with Crippen molar-refractivity contribution in [3.8, 4) is 0 Å². The maximum absolute atomic E-state index is 12.7. The van der Waals surface area contributed by atoms with Crippen molar-refractivity contribution >= 4 is 38.7 Å².